The molecular weight excluding hydrogens is 259 g/mol. The topological polar surface area (TPSA) is 49.5 Å². The van der Waals surface area contributed by atoms with E-state index in [1.807, 2.05) is 44.1 Å². The Labute approximate surface area is 114 Å². The summed E-state index contributed by atoms with van der Waals surface area (Å²) >= 11 is 6.15. The lowest BCUT2D eigenvalue weighted by molar-refractivity contribution is 0.141. The third-order valence-electron chi connectivity index (χ3n) is 2.69. The van der Waals surface area contributed by atoms with Crippen LogP contribution in [-0.2, 0) is 0 Å². The molecule has 0 amide bonds. The zero-order valence-corrected chi connectivity index (χ0v) is 11.9. The Morgan fingerprint density at radius 3 is 2.41 bits per heavy atom. The smallest absolute Gasteiger partial charge is 0.0730 e. The lowest BCUT2D eigenvalue weighted by atomic mass is 10.0. The van der Waals surface area contributed by atoms with Crippen molar-refractivity contribution in [1.29, 1.82) is 0 Å². The van der Waals surface area contributed by atoms with Gasteiger partial charge in [0, 0.05) is 24.8 Å². The molecule has 3 nitrogen and oxygen atoms in total. The number of hydrogen-bond donors (Lipinski definition) is 2. The van der Waals surface area contributed by atoms with E-state index < -0.39 is 12.1 Å². The molecule has 0 unspecified atom stereocenters. The van der Waals surface area contributed by atoms with Crippen LogP contribution in [0.3, 0.4) is 0 Å². The summed E-state index contributed by atoms with van der Waals surface area (Å²) in [7, 11) is 3.90. The first kappa shape index (κ1) is 16.5. The summed E-state index contributed by atoms with van der Waals surface area (Å²) in [6.45, 7) is 1.90. The van der Waals surface area contributed by atoms with Crippen molar-refractivity contribution >= 4 is 29.7 Å². The fourth-order valence-corrected chi connectivity index (χ4v) is 1.83. The van der Waals surface area contributed by atoms with Crippen molar-refractivity contribution in [1.82, 2.24) is 0 Å². The molecular formula is C12H20Cl2N2O. The predicted molar refractivity (Wildman–Crippen MR) is 76.3 cm³/mol. The second kappa shape index (κ2) is 7.07. The van der Waals surface area contributed by atoms with Gasteiger partial charge < -0.3 is 15.7 Å². The van der Waals surface area contributed by atoms with Crippen LogP contribution in [0, 0.1) is 0 Å². The molecule has 1 aromatic rings. The number of aliphatic hydroxyl groups excluding tert-OH is 1. The van der Waals surface area contributed by atoms with E-state index in [2.05, 4.69) is 0 Å². The third-order valence-corrected chi connectivity index (χ3v) is 3.02. The normalized spacial score (nSPS) is 13.8. The van der Waals surface area contributed by atoms with Crippen molar-refractivity contribution in [3.05, 3.63) is 28.8 Å². The van der Waals surface area contributed by atoms with E-state index in [9.17, 15) is 5.11 Å². The molecule has 0 aromatic heterocycles. The molecule has 0 fully saturated rings. The largest absolute Gasteiger partial charge is 0.391 e. The first-order valence-electron chi connectivity index (χ1n) is 5.37. The first-order valence-corrected chi connectivity index (χ1v) is 5.75. The summed E-state index contributed by atoms with van der Waals surface area (Å²) < 4.78 is 0. The molecule has 2 atom stereocenters. The maximum atomic E-state index is 9.69. The van der Waals surface area contributed by atoms with Crippen LogP contribution < -0.4 is 10.6 Å². The number of halogens is 2. The third kappa shape index (κ3) is 4.03. The SMILES string of the molecule is CC[C@H](O)[C@H](N)c1ccc(N(C)C)cc1Cl.Cl. The molecule has 0 aliphatic rings. The first-order chi connectivity index (χ1) is 7.47. The molecule has 1 aromatic carbocycles. The summed E-state index contributed by atoms with van der Waals surface area (Å²) in [5.74, 6) is 0. The van der Waals surface area contributed by atoms with Crippen LogP contribution in [0.2, 0.25) is 5.02 Å². The minimum absolute atomic E-state index is 0. The molecule has 0 saturated heterocycles. The summed E-state index contributed by atoms with van der Waals surface area (Å²) in [5, 5.41) is 10.3. The van der Waals surface area contributed by atoms with Crippen LogP contribution >= 0.6 is 24.0 Å². The highest BCUT2D eigenvalue weighted by molar-refractivity contribution is 6.31. The zero-order valence-electron chi connectivity index (χ0n) is 10.4. The van der Waals surface area contributed by atoms with Gasteiger partial charge in [-0.2, -0.15) is 0 Å². The van der Waals surface area contributed by atoms with Crippen molar-refractivity contribution < 1.29 is 5.11 Å². The van der Waals surface area contributed by atoms with Gasteiger partial charge in [0.05, 0.1) is 12.1 Å². The number of nitrogens with zero attached hydrogens (tertiary/aromatic N) is 1. The van der Waals surface area contributed by atoms with E-state index in [-0.39, 0.29) is 12.4 Å². The molecule has 98 valence electrons. The standard InChI is InChI=1S/C12H19ClN2O.ClH/c1-4-11(16)12(14)9-6-5-8(15(2)3)7-10(9)13;/h5-7,11-12,16H,4,14H2,1-3H3;1H/t11-,12+;/m0./s1. The van der Waals surface area contributed by atoms with Gasteiger partial charge in [-0.05, 0) is 24.1 Å². The Balaban J connectivity index is 0.00000256. The van der Waals surface area contributed by atoms with Gasteiger partial charge in [0.1, 0.15) is 0 Å². The Kier molecular flexibility index (Phi) is 6.87. The average molecular weight is 279 g/mol. The Bertz CT molecular complexity index is 358. The molecule has 5 heteroatoms. The fourth-order valence-electron chi connectivity index (χ4n) is 1.53. The van der Waals surface area contributed by atoms with Crippen LogP contribution in [0.25, 0.3) is 0 Å². The van der Waals surface area contributed by atoms with Crippen LogP contribution in [0.1, 0.15) is 24.9 Å². The molecule has 1 rings (SSSR count). The van der Waals surface area contributed by atoms with Crippen molar-refractivity contribution in [2.75, 3.05) is 19.0 Å². The number of rotatable bonds is 4. The maximum absolute atomic E-state index is 9.69. The van der Waals surface area contributed by atoms with Crippen molar-refractivity contribution in [3.63, 3.8) is 0 Å². The predicted octanol–water partition coefficient (Wildman–Crippen LogP) is 2.60. The summed E-state index contributed by atoms with van der Waals surface area (Å²) in [6.07, 6.45) is 0.0649. The molecule has 0 spiro atoms. The molecule has 0 aliphatic heterocycles. The van der Waals surface area contributed by atoms with Gasteiger partial charge in [0.2, 0.25) is 0 Å². The van der Waals surface area contributed by atoms with Crippen LogP contribution in [-0.4, -0.2) is 25.3 Å². The van der Waals surface area contributed by atoms with E-state index in [1.54, 1.807) is 0 Å². The van der Waals surface area contributed by atoms with Gasteiger partial charge in [-0.25, -0.2) is 0 Å². The minimum Gasteiger partial charge on any atom is -0.391 e. The number of benzene rings is 1. The highest BCUT2D eigenvalue weighted by Gasteiger charge is 2.17. The molecule has 0 radical (unpaired) electrons. The fraction of sp³-hybridized carbons (Fsp3) is 0.500. The van der Waals surface area contributed by atoms with E-state index >= 15 is 0 Å². The zero-order chi connectivity index (χ0) is 12.3. The van der Waals surface area contributed by atoms with Crippen LogP contribution in [0.5, 0.6) is 0 Å². The Morgan fingerprint density at radius 1 is 1.41 bits per heavy atom. The van der Waals surface area contributed by atoms with Gasteiger partial charge in [-0.3, -0.25) is 0 Å². The second-order valence-electron chi connectivity index (χ2n) is 4.10. The lowest BCUT2D eigenvalue weighted by Crippen LogP contribution is -2.25. The van der Waals surface area contributed by atoms with E-state index in [0.29, 0.717) is 11.4 Å². The van der Waals surface area contributed by atoms with Gasteiger partial charge in [-0.1, -0.05) is 24.6 Å². The Morgan fingerprint density at radius 2 is 2.00 bits per heavy atom. The highest BCUT2D eigenvalue weighted by atomic mass is 35.5. The van der Waals surface area contributed by atoms with E-state index in [1.165, 1.54) is 0 Å². The molecule has 0 saturated carbocycles. The lowest BCUT2D eigenvalue weighted by Gasteiger charge is -2.20. The molecule has 0 aliphatic carbocycles. The number of anilines is 1. The van der Waals surface area contributed by atoms with Crippen molar-refractivity contribution in [2.45, 2.75) is 25.5 Å². The summed E-state index contributed by atoms with van der Waals surface area (Å²) in [6, 6.07) is 5.26. The van der Waals surface area contributed by atoms with Gasteiger partial charge in [-0.15, -0.1) is 12.4 Å². The number of nitrogens with two attached hydrogens (primary N) is 1. The highest BCUT2D eigenvalue weighted by Crippen LogP contribution is 2.28. The van der Waals surface area contributed by atoms with Crippen LogP contribution in [0.15, 0.2) is 18.2 Å². The second-order valence-corrected chi connectivity index (χ2v) is 4.51. The van der Waals surface area contributed by atoms with Crippen molar-refractivity contribution in [2.24, 2.45) is 5.73 Å². The van der Waals surface area contributed by atoms with Gasteiger partial charge in [0.25, 0.3) is 0 Å². The quantitative estimate of drug-likeness (QED) is 0.890. The minimum atomic E-state index is -0.553. The molecule has 0 heterocycles. The molecule has 0 bridgehead atoms. The monoisotopic (exact) mass is 278 g/mol. The van der Waals surface area contributed by atoms with Crippen molar-refractivity contribution in [3.8, 4) is 0 Å². The van der Waals surface area contributed by atoms with E-state index in [4.69, 9.17) is 17.3 Å². The summed E-state index contributed by atoms with van der Waals surface area (Å²) in [4.78, 5) is 1.97. The maximum Gasteiger partial charge on any atom is 0.0730 e. The average Bonchev–Trinajstić information content (AvgIpc) is 2.26. The van der Waals surface area contributed by atoms with Gasteiger partial charge in [0.15, 0.2) is 0 Å². The Hall–Kier alpha value is -0.480. The van der Waals surface area contributed by atoms with Gasteiger partial charge >= 0.3 is 0 Å². The molecule has 3 N–H and O–H groups in total. The number of aliphatic hydroxyl groups is 1. The van der Waals surface area contributed by atoms with Crippen LogP contribution in [0.4, 0.5) is 5.69 Å². The number of hydrogen-bond acceptors (Lipinski definition) is 3. The summed E-state index contributed by atoms with van der Waals surface area (Å²) in [5.41, 5.74) is 7.74. The molecule has 17 heavy (non-hydrogen) atoms. The van der Waals surface area contributed by atoms with E-state index in [0.717, 1.165) is 11.3 Å².